The fourth-order valence-corrected chi connectivity index (χ4v) is 1.62. The van der Waals surface area contributed by atoms with E-state index in [0.29, 0.717) is 0 Å². The van der Waals surface area contributed by atoms with E-state index in [1.807, 2.05) is 27.7 Å². The van der Waals surface area contributed by atoms with Gasteiger partial charge in [0.1, 0.15) is 12.2 Å². The quantitative estimate of drug-likeness (QED) is 0.476. The molecule has 0 aliphatic carbocycles. The van der Waals surface area contributed by atoms with Crippen molar-refractivity contribution in [1.29, 1.82) is 0 Å². The second-order valence-electron chi connectivity index (χ2n) is 4.55. The van der Waals surface area contributed by atoms with Gasteiger partial charge in [-0.15, -0.1) is 0 Å². The van der Waals surface area contributed by atoms with E-state index in [1.165, 1.54) is 0 Å². The number of esters is 2. The molecule has 0 saturated heterocycles. The molecule has 0 atom stereocenters. The van der Waals surface area contributed by atoms with Gasteiger partial charge in [-0.3, -0.25) is 4.79 Å². The van der Waals surface area contributed by atoms with Crippen LogP contribution in [-0.2, 0) is 19.1 Å². The molecule has 19 heavy (non-hydrogen) atoms. The lowest BCUT2D eigenvalue weighted by Gasteiger charge is -2.16. The van der Waals surface area contributed by atoms with Crippen molar-refractivity contribution in [3.05, 3.63) is 12.2 Å². The number of carbonyl (C=O) groups is 2. The first-order chi connectivity index (χ1) is 8.98. The number of ether oxygens (including phenoxy) is 2. The summed E-state index contributed by atoms with van der Waals surface area (Å²) in [6.07, 6.45) is 2.76. The van der Waals surface area contributed by atoms with E-state index in [2.05, 4.69) is 6.58 Å². The maximum Gasteiger partial charge on any atom is 0.334 e. The first-order valence-corrected chi connectivity index (χ1v) is 7.06. The van der Waals surface area contributed by atoms with Crippen LogP contribution in [0.25, 0.3) is 0 Å². The maximum atomic E-state index is 11.7. The van der Waals surface area contributed by atoms with Gasteiger partial charge in [-0.25, -0.2) is 4.79 Å². The zero-order valence-corrected chi connectivity index (χ0v) is 12.5. The lowest BCUT2D eigenvalue weighted by Crippen LogP contribution is -2.21. The van der Waals surface area contributed by atoms with Gasteiger partial charge in [0.25, 0.3) is 0 Å². The van der Waals surface area contributed by atoms with Crippen molar-refractivity contribution >= 4 is 11.9 Å². The van der Waals surface area contributed by atoms with Crippen molar-refractivity contribution in [3.63, 3.8) is 0 Å². The zero-order chi connectivity index (χ0) is 14.8. The highest BCUT2D eigenvalue weighted by atomic mass is 16.6. The second-order valence-corrected chi connectivity index (χ2v) is 4.55. The van der Waals surface area contributed by atoms with Gasteiger partial charge >= 0.3 is 11.9 Å². The summed E-state index contributed by atoms with van der Waals surface area (Å²) >= 11 is 0. The third-order valence-electron chi connectivity index (χ3n) is 3.04. The van der Waals surface area contributed by atoms with Crippen LogP contribution in [0.1, 0.15) is 59.8 Å². The van der Waals surface area contributed by atoms with Crippen molar-refractivity contribution in [1.82, 2.24) is 0 Å². The van der Waals surface area contributed by atoms with Crippen LogP contribution in [0.5, 0.6) is 0 Å². The van der Waals surface area contributed by atoms with Gasteiger partial charge < -0.3 is 9.47 Å². The Balaban J connectivity index is 4.21. The SMILES string of the molecule is C=C(CC(=O)OC(CC)CC)C(=O)OC(CC)CC. The normalized spacial score (nSPS) is 10.6. The topological polar surface area (TPSA) is 52.6 Å². The molecule has 0 fully saturated rings. The molecule has 0 aliphatic heterocycles. The molecule has 4 nitrogen and oxygen atoms in total. The van der Waals surface area contributed by atoms with Gasteiger partial charge in [0.15, 0.2) is 0 Å². The Morgan fingerprint density at radius 3 is 1.74 bits per heavy atom. The molecule has 0 aromatic rings. The highest BCUT2D eigenvalue weighted by Gasteiger charge is 2.18. The summed E-state index contributed by atoms with van der Waals surface area (Å²) in [7, 11) is 0. The monoisotopic (exact) mass is 270 g/mol. The molecule has 0 N–H and O–H groups in total. The molecule has 0 radical (unpaired) electrons. The van der Waals surface area contributed by atoms with E-state index in [9.17, 15) is 9.59 Å². The predicted octanol–water partition coefficient (Wildman–Crippen LogP) is 3.40. The van der Waals surface area contributed by atoms with E-state index in [-0.39, 0.29) is 24.2 Å². The number of carbonyl (C=O) groups excluding carboxylic acids is 2. The molecule has 0 aromatic heterocycles. The Bertz CT molecular complexity index is 301. The van der Waals surface area contributed by atoms with Crippen molar-refractivity contribution < 1.29 is 19.1 Å². The third-order valence-corrected chi connectivity index (χ3v) is 3.04. The van der Waals surface area contributed by atoms with Gasteiger partial charge in [-0.1, -0.05) is 34.3 Å². The van der Waals surface area contributed by atoms with E-state index in [1.54, 1.807) is 0 Å². The van der Waals surface area contributed by atoms with Crippen LogP contribution >= 0.6 is 0 Å². The molecule has 0 spiro atoms. The van der Waals surface area contributed by atoms with Gasteiger partial charge in [0.05, 0.1) is 6.42 Å². The second kappa shape index (κ2) is 9.59. The third kappa shape index (κ3) is 6.99. The van der Waals surface area contributed by atoms with Gasteiger partial charge in [0.2, 0.25) is 0 Å². The molecule has 0 amide bonds. The lowest BCUT2D eigenvalue weighted by atomic mass is 10.2. The Hall–Kier alpha value is -1.32. The summed E-state index contributed by atoms with van der Waals surface area (Å²) in [6.45, 7) is 11.4. The minimum Gasteiger partial charge on any atom is -0.462 e. The molecule has 0 aromatic carbocycles. The Morgan fingerprint density at radius 2 is 1.32 bits per heavy atom. The Kier molecular flexibility index (Phi) is 8.92. The van der Waals surface area contributed by atoms with Crippen LogP contribution in [0.15, 0.2) is 12.2 Å². The summed E-state index contributed by atoms with van der Waals surface area (Å²) < 4.78 is 10.4. The van der Waals surface area contributed by atoms with Crippen LogP contribution in [0.3, 0.4) is 0 Å². The number of hydrogen-bond acceptors (Lipinski definition) is 4. The Morgan fingerprint density at radius 1 is 0.895 bits per heavy atom. The van der Waals surface area contributed by atoms with E-state index in [4.69, 9.17) is 9.47 Å². The first-order valence-electron chi connectivity index (χ1n) is 7.06. The average Bonchev–Trinajstić information content (AvgIpc) is 2.41. The highest BCUT2D eigenvalue weighted by Crippen LogP contribution is 2.11. The van der Waals surface area contributed by atoms with Crippen LogP contribution in [-0.4, -0.2) is 24.1 Å². The molecule has 0 heterocycles. The van der Waals surface area contributed by atoms with Gasteiger partial charge in [-0.05, 0) is 25.7 Å². The van der Waals surface area contributed by atoms with Gasteiger partial charge in [-0.2, -0.15) is 0 Å². The summed E-state index contributed by atoms with van der Waals surface area (Å²) in [5.41, 5.74) is 0.155. The molecule has 0 unspecified atom stereocenters. The van der Waals surface area contributed by atoms with Crippen molar-refractivity contribution in [2.45, 2.75) is 72.0 Å². The Labute approximate surface area is 116 Å². The number of rotatable bonds is 9. The molecule has 0 rings (SSSR count). The fraction of sp³-hybridized carbons (Fsp3) is 0.733. The first kappa shape index (κ1) is 17.7. The minimum absolute atomic E-state index is 0.0876. The predicted molar refractivity (Wildman–Crippen MR) is 74.7 cm³/mol. The molecule has 4 heteroatoms. The van der Waals surface area contributed by atoms with E-state index in [0.717, 1.165) is 25.7 Å². The summed E-state index contributed by atoms with van der Waals surface area (Å²) in [6, 6.07) is 0. The summed E-state index contributed by atoms with van der Waals surface area (Å²) in [5.74, 6) is -0.921. The maximum absolute atomic E-state index is 11.7. The van der Waals surface area contributed by atoms with Crippen LogP contribution < -0.4 is 0 Å². The molecule has 0 saturated carbocycles. The molecular formula is C15H26O4. The summed E-state index contributed by atoms with van der Waals surface area (Å²) in [5, 5.41) is 0. The highest BCUT2D eigenvalue weighted by molar-refractivity contribution is 5.93. The smallest absolute Gasteiger partial charge is 0.334 e. The number of hydrogen-bond donors (Lipinski definition) is 0. The van der Waals surface area contributed by atoms with Crippen molar-refractivity contribution in [3.8, 4) is 0 Å². The van der Waals surface area contributed by atoms with Crippen LogP contribution in [0.2, 0.25) is 0 Å². The van der Waals surface area contributed by atoms with E-state index < -0.39 is 11.9 Å². The largest absolute Gasteiger partial charge is 0.462 e. The zero-order valence-electron chi connectivity index (χ0n) is 12.5. The molecular weight excluding hydrogens is 244 g/mol. The summed E-state index contributed by atoms with van der Waals surface area (Å²) in [4.78, 5) is 23.3. The van der Waals surface area contributed by atoms with Crippen molar-refractivity contribution in [2.24, 2.45) is 0 Å². The van der Waals surface area contributed by atoms with Crippen LogP contribution in [0, 0.1) is 0 Å². The van der Waals surface area contributed by atoms with Crippen LogP contribution in [0.4, 0.5) is 0 Å². The molecule has 0 bridgehead atoms. The average molecular weight is 270 g/mol. The molecule has 0 aliphatic rings. The fourth-order valence-electron chi connectivity index (χ4n) is 1.62. The minimum atomic E-state index is -0.504. The van der Waals surface area contributed by atoms with E-state index >= 15 is 0 Å². The van der Waals surface area contributed by atoms with Gasteiger partial charge in [0, 0.05) is 5.57 Å². The lowest BCUT2D eigenvalue weighted by molar-refractivity contribution is -0.152. The van der Waals surface area contributed by atoms with Crippen molar-refractivity contribution in [2.75, 3.05) is 0 Å². The molecule has 110 valence electrons. The standard InChI is InChI=1S/C15H26O4/c1-6-12(7-2)18-14(16)10-11(5)15(17)19-13(8-3)9-4/h12-13H,5-10H2,1-4H3.